The molecule has 0 radical (unpaired) electrons. The molecule has 6 heteroatoms. The zero-order valence-electron chi connectivity index (χ0n) is 10.4. The Kier molecular flexibility index (Phi) is 5.65. The van der Waals surface area contributed by atoms with Crippen molar-refractivity contribution in [3.05, 3.63) is 12.2 Å². The molecule has 1 aliphatic rings. The van der Waals surface area contributed by atoms with Gasteiger partial charge < -0.3 is 4.74 Å². The van der Waals surface area contributed by atoms with Gasteiger partial charge in [-0.1, -0.05) is 6.08 Å². The van der Waals surface area contributed by atoms with Crippen LogP contribution < -0.4 is 0 Å². The van der Waals surface area contributed by atoms with E-state index in [9.17, 15) is 18.0 Å². The third-order valence-electron chi connectivity index (χ3n) is 2.87. The van der Waals surface area contributed by atoms with Crippen molar-refractivity contribution in [3.63, 3.8) is 0 Å². The molecule has 0 aromatic rings. The van der Waals surface area contributed by atoms with E-state index in [2.05, 4.69) is 4.74 Å². The fourth-order valence-corrected chi connectivity index (χ4v) is 1.98. The van der Waals surface area contributed by atoms with Crippen molar-refractivity contribution in [3.8, 4) is 0 Å². The van der Waals surface area contributed by atoms with Gasteiger partial charge in [-0.2, -0.15) is 13.2 Å². The Labute approximate surface area is 105 Å². The number of halogens is 3. The molecule has 1 heterocycles. The lowest BCUT2D eigenvalue weighted by molar-refractivity contribution is -0.186. The van der Waals surface area contributed by atoms with Crippen molar-refractivity contribution < 1.29 is 22.7 Å². The maximum Gasteiger partial charge on any atom is 0.393 e. The van der Waals surface area contributed by atoms with Crippen LogP contribution in [0, 0.1) is 5.92 Å². The molecule has 0 aliphatic carbocycles. The number of hydrogen-bond acceptors (Lipinski definition) is 3. The van der Waals surface area contributed by atoms with E-state index >= 15 is 0 Å². The van der Waals surface area contributed by atoms with Crippen LogP contribution in [-0.4, -0.2) is 43.3 Å². The summed E-state index contributed by atoms with van der Waals surface area (Å²) in [6, 6.07) is 0. The quantitative estimate of drug-likeness (QED) is 0.577. The first kappa shape index (κ1) is 15.0. The van der Waals surface area contributed by atoms with Crippen LogP contribution in [0.3, 0.4) is 0 Å². The molecule has 18 heavy (non-hydrogen) atoms. The number of rotatable bonds is 4. The van der Waals surface area contributed by atoms with Gasteiger partial charge in [0.05, 0.1) is 12.5 Å². The number of alkyl halides is 3. The first-order valence-electron chi connectivity index (χ1n) is 6.06. The number of ether oxygens (including phenoxy) is 1. The van der Waals surface area contributed by atoms with Crippen molar-refractivity contribution in [2.45, 2.75) is 25.9 Å². The molecule has 1 saturated heterocycles. The highest BCUT2D eigenvalue weighted by molar-refractivity contribution is 5.81. The standard InChI is InChI=1S/C12H18F3NO2/c1-2-18-11(17)6-4-8-16-7-3-5-10(9-16)12(13,14)15/h4,6,10H,2-3,5,7-9H2,1H3/b6-4+. The molecule has 0 N–H and O–H groups in total. The average Bonchev–Trinajstić information content (AvgIpc) is 2.29. The predicted molar refractivity (Wildman–Crippen MR) is 61.0 cm³/mol. The van der Waals surface area contributed by atoms with Gasteiger partial charge in [-0.3, -0.25) is 4.90 Å². The van der Waals surface area contributed by atoms with Crippen LogP contribution in [0.1, 0.15) is 19.8 Å². The van der Waals surface area contributed by atoms with Gasteiger partial charge in [0.1, 0.15) is 0 Å². The van der Waals surface area contributed by atoms with Crippen molar-refractivity contribution in [2.24, 2.45) is 5.92 Å². The summed E-state index contributed by atoms with van der Waals surface area (Å²) in [5, 5.41) is 0. The van der Waals surface area contributed by atoms with E-state index < -0.39 is 18.1 Å². The van der Waals surface area contributed by atoms with E-state index in [1.807, 2.05) is 0 Å². The van der Waals surface area contributed by atoms with E-state index in [4.69, 9.17) is 0 Å². The summed E-state index contributed by atoms with van der Waals surface area (Å²) in [4.78, 5) is 12.7. The largest absolute Gasteiger partial charge is 0.463 e. The van der Waals surface area contributed by atoms with Crippen LogP contribution in [0.2, 0.25) is 0 Å². The second-order valence-electron chi connectivity index (χ2n) is 4.29. The molecular weight excluding hydrogens is 247 g/mol. The molecule has 0 bridgehead atoms. The first-order chi connectivity index (χ1) is 8.43. The molecule has 0 aromatic heterocycles. The second-order valence-corrected chi connectivity index (χ2v) is 4.29. The number of carbonyl (C=O) groups excluding carboxylic acids is 1. The zero-order chi connectivity index (χ0) is 13.6. The fraction of sp³-hybridized carbons (Fsp3) is 0.750. The van der Waals surface area contributed by atoms with Gasteiger partial charge in [0, 0.05) is 19.2 Å². The van der Waals surface area contributed by atoms with Crippen LogP contribution in [0.4, 0.5) is 13.2 Å². The monoisotopic (exact) mass is 265 g/mol. The second kappa shape index (κ2) is 6.78. The minimum Gasteiger partial charge on any atom is -0.463 e. The lowest BCUT2D eigenvalue weighted by Gasteiger charge is -2.32. The lowest BCUT2D eigenvalue weighted by Crippen LogP contribution is -2.41. The highest BCUT2D eigenvalue weighted by Crippen LogP contribution is 2.32. The summed E-state index contributed by atoms with van der Waals surface area (Å²) >= 11 is 0. The molecular formula is C12H18F3NO2. The molecule has 104 valence electrons. The number of esters is 1. The van der Waals surface area contributed by atoms with Crippen molar-refractivity contribution >= 4 is 5.97 Å². The Hall–Kier alpha value is -1.04. The van der Waals surface area contributed by atoms with Gasteiger partial charge in [0.15, 0.2) is 0 Å². The number of hydrogen-bond donors (Lipinski definition) is 0. The average molecular weight is 265 g/mol. The Balaban J connectivity index is 2.37. The zero-order valence-corrected chi connectivity index (χ0v) is 10.4. The molecule has 0 spiro atoms. The van der Waals surface area contributed by atoms with Gasteiger partial charge in [-0.15, -0.1) is 0 Å². The maximum atomic E-state index is 12.5. The van der Waals surface area contributed by atoms with Gasteiger partial charge >= 0.3 is 12.1 Å². The highest BCUT2D eigenvalue weighted by atomic mass is 19.4. The Morgan fingerprint density at radius 2 is 2.22 bits per heavy atom. The summed E-state index contributed by atoms with van der Waals surface area (Å²) in [5.41, 5.74) is 0. The number of carbonyl (C=O) groups is 1. The van der Waals surface area contributed by atoms with Gasteiger partial charge in [0.25, 0.3) is 0 Å². The lowest BCUT2D eigenvalue weighted by atomic mass is 9.97. The van der Waals surface area contributed by atoms with Gasteiger partial charge in [0.2, 0.25) is 0 Å². The molecule has 0 aromatic carbocycles. The molecule has 1 aliphatic heterocycles. The van der Waals surface area contributed by atoms with Gasteiger partial charge in [-0.25, -0.2) is 4.79 Å². The Bertz CT molecular complexity index is 302. The van der Waals surface area contributed by atoms with E-state index in [1.165, 1.54) is 6.08 Å². The van der Waals surface area contributed by atoms with E-state index in [0.29, 0.717) is 26.1 Å². The number of nitrogens with zero attached hydrogens (tertiary/aromatic N) is 1. The molecule has 0 amide bonds. The van der Waals surface area contributed by atoms with E-state index in [-0.39, 0.29) is 13.0 Å². The highest BCUT2D eigenvalue weighted by Gasteiger charge is 2.41. The van der Waals surface area contributed by atoms with Gasteiger partial charge in [-0.05, 0) is 26.3 Å². The van der Waals surface area contributed by atoms with Crippen molar-refractivity contribution in [2.75, 3.05) is 26.2 Å². The summed E-state index contributed by atoms with van der Waals surface area (Å²) in [7, 11) is 0. The molecule has 1 unspecified atom stereocenters. The topological polar surface area (TPSA) is 29.5 Å². The van der Waals surface area contributed by atoms with Crippen LogP contribution in [-0.2, 0) is 9.53 Å². The van der Waals surface area contributed by atoms with Crippen LogP contribution in [0.25, 0.3) is 0 Å². The molecule has 0 saturated carbocycles. The van der Waals surface area contributed by atoms with E-state index in [0.717, 1.165) is 0 Å². The summed E-state index contributed by atoms with van der Waals surface area (Å²) in [5.74, 6) is -1.70. The first-order valence-corrected chi connectivity index (χ1v) is 6.06. The molecule has 3 nitrogen and oxygen atoms in total. The fourth-order valence-electron chi connectivity index (χ4n) is 1.98. The third-order valence-corrected chi connectivity index (χ3v) is 2.87. The third kappa shape index (κ3) is 5.08. The summed E-state index contributed by atoms with van der Waals surface area (Å²) in [6.45, 7) is 3.00. The smallest absolute Gasteiger partial charge is 0.393 e. The SMILES string of the molecule is CCOC(=O)/C=C/CN1CCCC(C(F)(F)F)C1. The normalized spacial score (nSPS) is 22.3. The molecule has 1 rings (SSSR count). The van der Waals surface area contributed by atoms with Crippen LogP contribution in [0.15, 0.2) is 12.2 Å². The summed E-state index contributed by atoms with van der Waals surface area (Å²) in [6.07, 6.45) is -0.569. The number of likely N-dealkylation sites (tertiary alicyclic amines) is 1. The summed E-state index contributed by atoms with van der Waals surface area (Å²) < 4.78 is 42.3. The van der Waals surface area contributed by atoms with Crippen molar-refractivity contribution in [1.82, 2.24) is 4.90 Å². The maximum absolute atomic E-state index is 12.5. The predicted octanol–water partition coefficient (Wildman–Crippen LogP) is 2.38. The number of piperidine rings is 1. The van der Waals surface area contributed by atoms with Crippen LogP contribution >= 0.6 is 0 Å². The van der Waals surface area contributed by atoms with E-state index in [1.54, 1.807) is 17.9 Å². The minimum absolute atomic E-state index is 0.0106. The Morgan fingerprint density at radius 1 is 1.50 bits per heavy atom. The van der Waals surface area contributed by atoms with Crippen LogP contribution in [0.5, 0.6) is 0 Å². The Morgan fingerprint density at radius 3 is 2.83 bits per heavy atom. The van der Waals surface area contributed by atoms with Crippen molar-refractivity contribution in [1.29, 1.82) is 0 Å². The molecule has 1 fully saturated rings. The minimum atomic E-state index is -4.12. The molecule has 1 atom stereocenters.